The maximum Gasteiger partial charge on any atom is 0.309 e. The number of hydrogen-bond acceptors (Lipinski definition) is 4. The molecule has 1 aliphatic rings. The third kappa shape index (κ3) is 6.37. The van der Waals surface area contributed by atoms with Crippen molar-refractivity contribution in [2.45, 2.75) is 72.1 Å². The summed E-state index contributed by atoms with van der Waals surface area (Å²) >= 11 is 0. The van der Waals surface area contributed by atoms with Crippen molar-refractivity contribution in [2.75, 3.05) is 13.2 Å². The average molecular weight is 312 g/mol. The maximum atomic E-state index is 12.3. The largest absolute Gasteiger partial charge is 0.465 e. The third-order valence-corrected chi connectivity index (χ3v) is 4.57. The molecule has 1 saturated carbocycles. The summed E-state index contributed by atoms with van der Waals surface area (Å²) in [4.78, 5) is 24.5. The van der Waals surface area contributed by atoms with Crippen molar-refractivity contribution in [3.05, 3.63) is 0 Å². The Labute approximate surface area is 134 Å². The first kappa shape index (κ1) is 19.0. The van der Waals surface area contributed by atoms with Gasteiger partial charge in [-0.05, 0) is 25.2 Å². The Bertz CT molecular complexity index is 340. The number of carbonyl (C=O) groups is 2. The second-order valence-electron chi connectivity index (χ2n) is 6.52. The minimum Gasteiger partial charge on any atom is -0.465 e. The zero-order valence-electron chi connectivity index (χ0n) is 14.4. The van der Waals surface area contributed by atoms with Crippen molar-refractivity contribution in [1.29, 1.82) is 0 Å². The smallest absolute Gasteiger partial charge is 0.309 e. The normalized spacial score (nSPS) is 22.9. The number of esters is 2. The predicted molar refractivity (Wildman–Crippen MR) is 86.3 cm³/mol. The van der Waals surface area contributed by atoms with Crippen LogP contribution in [0.3, 0.4) is 0 Å². The van der Waals surface area contributed by atoms with E-state index in [0.717, 1.165) is 51.4 Å². The minimum absolute atomic E-state index is 0.207. The second kappa shape index (κ2) is 10.6. The Kier molecular flexibility index (Phi) is 9.17. The van der Waals surface area contributed by atoms with E-state index in [1.54, 1.807) is 0 Å². The Hall–Kier alpha value is -1.06. The molecule has 0 N–H and O–H groups in total. The van der Waals surface area contributed by atoms with E-state index in [9.17, 15) is 9.59 Å². The molecule has 1 aliphatic carbocycles. The first-order valence-corrected chi connectivity index (χ1v) is 8.93. The highest BCUT2D eigenvalue weighted by atomic mass is 16.5. The summed E-state index contributed by atoms with van der Waals surface area (Å²) in [6, 6.07) is 0. The topological polar surface area (TPSA) is 52.6 Å². The molecule has 0 radical (unpaired) electrons. The van der Waals surface area contributed by atoms with Crippen LogP contribution in [0, 0.1) is 17.8 Å². The van der Waals surface area contributed by atoms with Crippen molar-refractivity contribution < 1.29 is 19.1 Å². The molecule has 4 nitrogen and oxygen atoms in total. The van der Waals surface area contributed by atoms with Crippen LogP contribution in [0.25, 0.3) is 0 Å². The van der Waals surface area contributed by atoms with Gasteiger partial charge in [-0.2, -0.15) is 0 Å². The predicted octanol–water partition coefficient (Wildman–Crippen LogP) is 4.12. The molecular formula is C18H32O4. The van der Waals surface area contributed by atoms with Crippen LogP contribution in [-0.2, 0) is 19.1 Å². The van der Waals surface area contributed by atoms with Crippen molar-refractivity contribution in [3.63, 3.8) is 0 Å². The van der Waals surface area contributed by atoms with Gasteiger partial charge in [0.15, 0.2) is 0 Å². The first-order chi connectivity index (χ1) is 10.6. The highest BCUT2D eigenvalue weighted by molar-refractivity contribution is 5.82. The van der Waals surface area contributed by atoms with Gasteiger partial charge in [0, 0.05) is 0 Å². The van der Waals surface area contributed by atoms with Crippen LogP contribution in [0.5, 0.6) is 0 Å². The van der Waals surface area contributed by atoms with Gasteiger partial charge in [0.1, 0.15) is 0 Å². The standard InChI is InChI=1S/C18H32O4/c1-4-6-9-12-21-17(19)15-10-7-8-11-16(15)18(20)22-13-14(3)5-2/h14-16H,4-13H2,1-3H3. The quantitative estimate of drug-likeness (QED) is 0.475. The summed E-state index contributed by atoms with van der Waals surface area (Å²) in [5.41, 5.74) is 0. The third-order valence-electron chi connectivity index (χ3n) is 4.57. The summed E-state index contributed by atoms with van der Waals surface area (Å²) in [5.74, 6) is -0.667. The molecule has 0 aromatic heterocycles. The fourth-order valence-electron chi connectivity index (χ4n) is 2.78. The Morgan fingerprint density at radius 1 is 1.00 bits per heavy atom. The van der Waals surface area contributed by atoms with Gasteiger partial charge in [0.25, 0.3) is 0 Å². The maximum absolute atomic E-state index is 12.3. The summed E-state index contributed by atoms with van der Waals surface area (Å²) in [6.45, 7) is 7.18. The molecule has 0 saturated heterocycles. The number of rotatable bonds is 9. The first-order valence-electron chi connectivity index (χ1n) is 8.93. The van der Waals surface area contributed by atoms with Crippen LogP contribution in [0.4, 0.5) is 0 Å². The van der Waals surface area contributed by atoms with E-state index in [1.807, 2.05) is 0 Å². The fourth-order valence-corrected chi connectivity index (χ4v) is 2.78. The van der Waals surface area contributed by atoms with Crippen molar-refractivity contribution >= 4 is 11.9 Å². The van der Waals surface area contributed by atoms with E-state index in [2.05, 4.69) is 20.8 Å². The van der Waals surface area contributed by atoms with Gasteiger partial charge < -0.3 is 9.47 Å². The van der Waals surface area contributed by atoms with E-state index in [4.69, 9.17) is 9.47 Å². The number of carbonyl (C=O) groups excluding carboxylic acids is 2. The molecule has 4 heteroatoms. The van der Waals surface area contributed by atoms with E-state index < -0.39 is 0 Å². The molecule has 0 aromatic carbocycles. The van der Waals surface area contributed by atoms with Crippen LogP contribution >= 0.6 is 0 Å². The Morgan fingerprint density at radius 3 is 2.14 bits per heavy atom. The van der Waals surface area contributed by atoms with Crippen molar-refractivity contribution in [3.8, 4) is 0 Å². The highest BCUT2D eigenvalue weighted by Crippen LogP contribution is 2.32. The molecule has 22 heavy (non-hydrogen) atoms. The lowest BCUT2D eigenvalue weighted by molar-refractivity contribution is -0.163. The molecule has 0 heterocycles. The summed E-state index contributed by atoms with van der Waals surface area (Å²) < 4.78 is 10.8. The number of ether oxygens (including phenoxy) is 2. The zero-order valence-corrected chi connectivity index (χ0v) is 14.4. The number of unbranched alkanes of at least 4 members (excludes halogenated alkanes) is 2. The van der Waals surface area contributed by atoms with Crippen LogP contribution < -0.4 is 0 Å². The van der Waals surface area contributed by atoms with E-state index in [-0.39, 0.29) is 23.8 Å². The van der Waals surface area contributed by atoms with Crippen LogP contribution in [-0.4, -0.2) is 25.2 Å². The Balaban J connectivity index is 2.47. The van der Waals surface area contributed by atoms with E-state index >= 15 is 0 Å². The molecule has 0 aromatic rings. The van der Waals surface area contributed by atoms with Crippen LogP contribution in [0.2, 0.25) is 0 Å². The second-order valence-corrected chi connectivity index (χ2v) is 6.52. The molecule has 1 rings (SSSR count). The van der Waals surface area contributed by atoms with Crippen molar-refractivity contribution in [2.24, 2.45) is 17.8 Å². The van der Waals surface area contributed by atoms with E-state index in [0.29, 0.717) is 19.1 Å². The Morgan fingerprint density at radius 2 is 1.59 bits per heavy atom. The molecule has 128 valence electrons. The SMILES string of the molecule is CCCCCOC(=O)C1CCCCC1C(=O)OCC(C)CC. The van der Waals surface area contributed by atoms with Gasteiger partial charge in [-0.1, -0.05) is 52.9 Å². The van der Waals surface area contributed by atoms with Gasteiger partial charge in [0.2, 0.25) is 0 Å². The molecule has 1 fully saturated rings. The van der Waals surface area contributed by atoms with E-state index in [1.165, 1.54) is 0 Å². The van der Waals surface area contributed by atoms with Crippen LogP contribution in [0.1, 0.15) is 72.1 Å². The molecular weight excluding hydrogens is 280 g/mol. The molecule has 0 bridgehead atoms. The lowest BCUT2D eigenvalue weighted by atomic mass is 9.79. The number of hydrogen-bond donors (Lipinski definition) is 0. The summed E-state index contributed by atoms with van der Waals surface area (Å²) in [7, 11) is 0. The molecule has 0 amide bonds. The van der Waals surface area contributed by atoms with Gasteiger partial charge in [-0.3, -0.25) is 9.59 Å². The monoisotopic (exact) mass is 312 g/mol. The van der Waals surface area contributed by atoms with Gasteiger partial charge in [-0.25, -0.2) is 0 Å². The average Bonchev–Trinajstić information content (AvgIpc) is 2.56. The molecule has 3 atom stereocenters. The van der Waals surface area contributed by atoms with Gasteiger partial charge >= 0.3 is 11.9 Å². The molecule has 0 aliphatic heterocycles. The lowest BCUT2D eigenvalue weighted by Gasteiger charge is -2.28. The zero-order chi connectivity index (χ0) is 16.4. The minimum atomic E-state index is -0.309. The van der Waals surface area contributed by atoms with Gasteiger partial charge in [-0.15, -0.1) is 0 Å². The summed E-state index contributed by atoms with van der Waals surface area (Å²) in [6.07, 6.45) is 7.53. The molecule has 3 unspecified atom stereocenters. The highest BCUT2D eigenvalue weighted by Gasteiger charge is 2.37. The van der Waals surface area contributed by atoms with Crippen molar-refractivity contribution in [1.82, 2.24) is 0 Å². The summed E-state index contributed by atoms with van der Waals surface area (Å²) in [5, 5.41) is 0. The lowest BCUT2D eigenvalue weighted by Crippen LogP contribution is -2.35. The van der Waals surface area contributed by atoms with Gasteiger partial charge in [0.05, 0.1) is 25.0 Å². The van der Waals surface area contributed by atoms with Crippen LogP contribution in [0.15, 0.2) is 0 Å². The molecule has 0 spiro atoms. The fraction of sp³-hybridized carbons (Fsp3) is 0.889.